The summed E-state index contributed by atoms with van der Waals surface area (Å²) in [7, 11) is 0. The van der Waals surface area contributed by atoms with Crippen LogP contribution in [0.4, 0.5) is 0 Å². The second kappa shape index (κ2) is 5.65. The van der Waals surface area contributed by atoms with E-state index < -0.39 is 0 Å². The van der Waals surface area contributed by atoms with Gasteiger partial charge < -0.3 is 4.90 Å². The van der Waals surface area contributed by atoms with Crippen LogP contribution in [-0.2, 0) is 11.3 Å². The molecular formula is C10H14N2OS. The van der Waals surface area contributed by atoms with Gasteiger partial charge in [-0.3, -0.25) is 9.78 Å². The summed E-state index contributed by atoms with van der Waals surface area (Å²) in [5.41, 5.74) is 1.09. The van der Waals surface area contributed by atoms with Gasteiger partial charge in [0.15, 0.2) is 0 Å². The van der Waals surface area contributed by atoms with Crippen molar-refractivity contribution < 1.29 is 4.79 Å². The topological polar surface area (TPSA) is 33.2 Å². The smallest absolute Gasteiger partial charge is 0.232 e. The fourth-order valence-corrected chi connectivity index (χ4v) is 1.38. The summed E-state index contributed by atoms with van der Waals surface area (Å²) in [6.07, 6.45) is 3.46. The fourth-order valence-electron chi connectivity index (χ4n) is 1.18. The van der Waals surface area contributed by atoms with Crippen LogP contribution < -0.4 is 0 Å². The number of nitrogens with zero attached hydrogens (tertiary/aromatic N) is 2. The third-order valence-corrected chi connectivity index (χ3v) is 2.26. The van der Waals surface area contributed by atoms with Gasteiger partial charge >= 0.3 is 0 Å². The molecule has 0 radical (unpaired) electrons. The lowest BCUT2D eigenvalue weighted by atomic mass is 10.2. The number of amides is 1. The highest BCUT2D eigenvalue weighted by Gasteiger charge is 2.09. The maximum Gasteiger partial charge on any atom is 0.232 e. The Kier molecular flexibility index (Phi) is 4.46. The molecule has 0 N–H and O–H groups in total. The van der Waals surface area contributed by atoms with Crippen LogP contribution in [-0.4, -0.2) is 28.1 Å². The van der Waals surface area contributed by atoms with Gasteiger partial charge in [0.25, 0.3) is 0 Å². The van der Waals surface area contributed by atoms with E-state index in [0.717, 1.165) is 5.56 Å². The van der Waals surface area contributed by atoms with Crippen LogP contribution in [0.25, 0.3) is 0 Å². The molecule has 0 atom stereocenters. The van der Waals surface area contributed by atoms with Crippen molar-refractivity contribution >= 4 is 18.5 Å². The van der Waals surface area contributed by atoms with Gasteiger partial charge in [-0.05, 0) is 24.6 Å². The highest BCUT2D eigenvalue weighted by atomic mass is 32.1. The average molecular weight is 210 g/mol. The summed E-state index contributed by atoms with van der Waals surface area (Å²) in [6.45, 7) is 3.31. The summed E-state index contributed by atoms with van der Waals surface area (Å²) in [6, 6.07) is 3.82. The van der Waals surface area contributed by atoms with Crippen molar-refractivity contribution in [3.05, 3.63) is 30.1 Å². The van der Waals surface area contributed by atoms with Gasteiger partial charge in [0.2, 0.25) is 5.91 Å². The summed E-state index contributed by atoms with van der Waals surface area (Å²) in [4.78, 5) is 17.1. The van der Waals surface area contributed by atoms with E-state index in [1.807, 2.05) is 19.1 Å². The zero-order chi connectivity index (χ0) is 10.4. The standard InChI is InChI=1S/C10H14N2OS/c1-2-12(10(13)8-14)7-9-3-5-11-6-4-9/h3-6,14H,2,7-8H2,1H3. The molecule has 0 spiro atoms. The summed E-state index contributed by atoms with van der Waals surface area (Å²) >= 11 is 3.97. The molecule has 1 amide bonds. The van der Waals surface area contributed by atoms with E-state index >= 15 is 0 Å². The van der Waals surface area contributed by atoms with E-state index in [0.29, 0.717) is 13.1 Å². The monoisotopic (exact) mass is 210 g/mol. The van der Waals surface area contributed by atoms with Crippen LogP contribution in [0.3, 0.4) is 0 Å². The van der Waals surface area contributed by atoms with Gasteiger partial charge in [-0.15, -0.1) is 0 Å². The Hall–Kier alpha value is -1.03. The summed E-state index contributed by atoms with van der Waals surface area (Å²) < 4.78 is 0. The van der Waals surface area contributed by atoms with Crippen LogP contribution >= 0.6 is 12.6 Å². The maximum absolute atomic E-state index is 11.4. The first-order valence-electron chi connectivity index (χ1n) is 4.55. The first-order chi connectivity index (χ1) is 6.77. The molecule has 0 saturated carbocycles. The second-order valence-electron chi connectivity index (χ2n) is 2.92. The zero-order valence-corrected chi connectivity index (χ0v) is 9.08. The van der Waals surface area contributed by atoms with Crippen LogP contribution in [0.1, 0.15) is 12.5 Å². The number of carbonyl (C=O) groups excluding carboxylic acids is 1. The lowest BCUT2D eigenvalue weighted by Crippen LogP contribution is -2.31. The van der Waals surface area contributed by atoms with Crippen molar-refractivity contribution in [2.45, 2.75) is 13.5 Å². The van der Waals surface area contributed by atoms with E-state index in [2.05, 4.69) is 17.6 Å². The second-order valence-corrected chi connectivity index (χ2v) is 3.24. The van der Waals surface area contributed by atoms with Crippen LogP contribution in [0.2, 0.25) is 0 Å². The number of thiol groups is 1. The van der Waals surface area contributed by atoms with Gasteiger partial charge in [-0.2, -0.15) is 12.6 Å². The van der Waals surface area contributed by atoms with E-state index in [1.165, 1.54) is 0 Å². The Labute approximate surface area is 89.6 Å². The molecule has 76 valence electrons. The molecule has 3 nitrogen and oxygen atoms in total. The quantitative estimate of drug-likeness (QED) is 0.761. The predicted octanol–water partition coefficient (Wildman–Crippen LogP) is 1.36. The Bertz CT molecular complexity index is 289. The minimum atomic E-state index is 0.0626. The molecule has 0 aliphatic carbocycles. The number of carbonyl (C=O) groups is 1. The molecule has 0 bridgehead atoms. The van der Waals surface area contributed by atoms with Crippen molar-refractivity contribution in [1.29, 1.82) is 0 Å². The number of hydrogen-bond donors (Lipinski definition) is 1. The lowest BCUT2D eigenvalue weighted by Gasteiger charge is -2.19. The van der Waals surface area contributed by atoms with Crippen LogP contribution in [0.5, 0.6) is 0 Å². The van der Waals surface area contributed by atoms with E-state index in [-0.39, 0.29) is 11.7 Å². The van der Waals surface area contributed by atoms with Crippen LogP contribution in [0.15, 0.2) is 24.5 Å². The van der Waals surface area contributed by atoms with Crippen molar-refractivity contribution in [2.75, 3.05) is 12.3 Å². The fraction of sp³-hybridized carbons (Fsp3) is 0.400. The highest BCUT2D eigenvalue weighted by molar-refractivity contribution is 7.81. The van der Waals surface area contributed by atoms with E-state index in [4.69, 9.17) is 0 Å². The molecule has 1 aromatic heterocycles. The van der Waals surface area contributed by atoms with E-state index in [9.17, 15) is 4.79 Å². The first kappa shape index (κ1) is 11.0. The molecule has 14 heavy (non-hydrogen) atoms. The Morgan fingerprint density at radius 1 is 1.50 bits per heavy atom. The molecule has 1 heterocycles. The molecule has 0 aromatic carbocycles. The number of pyridine rings is 1. The Morgan fingerprint density at radius 3 is 2.64 bits per heavy atom. The molecule has 0 aliphatic rings. The molecule has 0 fully saturated rings. The molecule has 1 rings (SSSR count). The minimum Gasteiger partial charge on any atom is -0.338 e. The average Bonchev–Trinajstić information content (AvgIpc) is 2.26. The molecule has 1 aromatic rings. The first-order valence-corrected chi connectivity index (χ1v) is 5.18. The highest BCUT2D eigenvalue weighted by Crippen LogP contribution is 2.03. The molecule has 0 aliphatic heterocycles. The van der Waals surface area contributed by atoms with Gasteiger partial charge in [0.1, 0.15) is 0 Å². The third-order valence-electron chi connectivity index (χ3n) is 1.99. The largest absolute Gasteiger partial charge is 0.338 e. The van der Waals surface area contributed by atoms with Gasteiger partial charge in [0, 0.05) is 25.5 Å². The number of aromatic nitrogens is 1. The van der Waals surface area contributed by atoms with Gasteiger partial charge in [0.05, 0.1) is 5.75 Å². The van der Waals surface area contributed by atoms with Crippen molar-refractivity contribution in [3.8, 4) is 0 Å². The molecular weight excluding hydrogens is 196 g/mol. The lowest BCUT2D eigenvalue weighted by molar-refractivity contribution is -0.128. The normalized spacial score (nSPS) is 9.86. The summed E-state index contributed by atoms with van der Waals surface area (Å²) in [5, 5.41) is 0. The molecule has 0 saturated heterocycles. The molecule has 0 unspecified atom stereocenters. The molecule has 4 heteroatoms. The van der Waals surface area contributed by atoms with Gasteiger partial charge in [-0.25, -0.2) is 0 Å². The Morgan fingerprint density at radius 2 is 2.14 bits per heavy atom. The predicted molar refractivity (Wildman–Crippen MR) is 59.2 cm³/mol. The number of rotatable bonds is 4. The Balaban J connectivity index is 2.62. The number of hydrogen-bond acceptors (Lipinski definition) is 3. The van der Waals surface area contributed by atoms with E-state index in [1.54, 1.807) is 17.3 Å². The van der Waals surface area contributed by atoms with Crippen molar-refractivity contribution in [3.63, 3.8) is 0 Å². The van der Waals surface area contributed by atoms with Crippen molar-refractivity contribution in [2.24, 2.45) is 0 Å². The summed E-state index contributed by atoms with van der Waals surface area (Å²) in [5.74, 6) is 0.325. The SMILES string of the molecule is CCN(Cc1ccncc1)C(=O)CS. The maximum atomic E-state index is 11.4. The zero-order valence-electron chi connectivity index (χ0n) is 8.18. The van der Waals surface area contributed by atoms with Crippen LogP contribution in [0, 0.1) is 0 Å². The van der Waals surface area contributed by atoms with Gasteiger partial charge in [-0.1, -0.05) is 0 Å². The third kappa shape index (κ3) is 3.03. The van der Waals surface area contributed by atoms with Crippen molar-refractivity contribution in [1.82, 2.24) is 9.88 Å². The minimum absolute atomic E-state index is 0.0626.